The standard InChI is InChI=1S/C25H21ClN2O4/c1-15(2)32-19-11-9-16(10-12-19)23(29)21-22(17-6-5-7-18(26)14-17)28(25(31)24(21)30)20-8-3-4-13-27-20/h3-15,22,29H,1-2H3/b23-21+/t22-/m0/s1. The van der Waals surface area contributed by atoms with E-state index in [0.29, 0.717) is 27.7 Å². The van der Waals surface area contributed by atoms with Crippen LogP contribution in [-0.2, 0) is 9.59 Å². The molecule has 1 N–H and O–H groups in total. The molecule has 0 unspecified atom stereocenters. The van der Waals surface area contributed by atoms with Crippen LogP contribution in [0.4, 0.5) is 5.82 Å². The van der Waals surface area contributed by atoms with Gasteiger partial charge in [0.25, 0.3) is 5.78 Å². The summed E-state index contributed by atoms with van der Waals surface area (Å²) in [5.41, 5.74) is 0.955. The predicted octanol–water partition coefficient (Wildman–Crippen LogP) is 5.15. The molecule has 2 aromatic carbocycles. The van der Waals surface area contributed by atoms with Crippen molar-refractivity contribution in [1.29, 1.82) is 0 Å². The highest BCUT2D eigenvalue weighted by atomic mass is 35.5. The number of aliphatic hydroxyl groups excluding tert-OH is 1. The van der Waals surface area contributed by atoms with Crippen molar-refractivity contribution in [2.75, 3.05) is 4.90 Å². The van der Waals surface area contributed by atoms with Crippen LogP contribution in [-0.4, -0.2) is 27.9 Å². The van der Waals surface area contributed by atoms with Crippen molar-refractivity contribution in [2.24, 2.45) is 0 Å². The quantitative estimate of drug-likeness (QED) is 0.332. The molecule has 1 aliphatic heterocycles. The van der Waals surface area contributed by atoms with Crippen molar-refractivity contribution in [1.82, 2.24) is 4.98 Å². The Labute approximate surface area is 190 Å². The number of ether oxygens (including phenoxy) is 1. The first-order chi connectivity index (χ1) is 15.4. The van der Waals surface area contributed by atoms with Gasteiger partial charge in [-0.25, -0.2) is 4.98 Å². The number of pyridine rings is 1. The summed E-state index contributed by atoms with van der Waals surface area (Å²) >= 11 is 6.20. The molecule has 1 aromatic heterocycles. The second kappa shape index (κ2) is 8.85. The molecule has 0 radical (unpaired) electrons. The van der Waals surface area contributed by atoms with E-state index in [2.05, 4.69) is 4.98 Å². The summed E-state index contributed by atoms with van der Waals surface area (Å²) in [6.45, 7) is 3.83. The average Bonchev–Trinajstić information content (AvgIpc) is 3.05. The smallest absolute Gasteiger partial charge is 0.301 e. The molecular weight excluding hydrogens is 428 g/mol. The Morgan fingerprint density at radius 1 is 1.06 bits per heavy atom. The van der Waals surface area contributed by atoms with Crippen molar-refractivity contribution in [3.8, 4) is 5.75 Å². The van der Waals surface area contributed by atoms with E-state index >= 15 is 0 Å². The third-order valence-corrected chi connectivity index (χ3v) is 5.24. The van der Waals surface area contributed by atoms with Crippen molar-refractivity contribution in [3.63, 3.8) is 0 Å². The molecule has 3 aromatic rings. The fourth-order valence-electron chi connectivity index (χ4n) is 3.68. The van der Waals surface area contributed by atoms with E-state index in [4.69, 9.17) is 16.3 Å². The predicted molar refractivity (Wildman–Crippen MR) is 123 cm³/mol. The molecule has 7 heteroatoms. The van der Waals surface area contributed by atoms with E-state index in [1.807, 2.05) is 13.8 Å². The summed E-state index contributed by atoms with van der Waals surface area (Å²) in [5.74, 6) is -0.894. The molecule has 1 saturated heterocycles. The summed E-state index contributed by atoms with van der Waals surface area (Å²) in [7, 11) is 0. The first-order valence-electron chi connectivity index (χ1n) is 10.1. The molecule has 6 nitrogen and oxygen atoms in total. The third kappa shape index (κ3) is 4.09. The Hall–Kier alpha value is -3.64. The molecule has 1 fully saturated rings. The number of hydrogen-bond donors (Lipinski definition) is 1. The second-order valence-corrected chi connectivity index (χ2v) is 8.04. The normalized spacial score (nSPS) is 17.8. The number of aromatic nitrogens is 1. The summed E-state index contributed by atoms with van der Waals surface area (Å²) in [5, 5.41) is 11.6. The Morgan fingerprint density at radius 3 is 2.44 bits per heavy atom. The summed E-state index contributed by atoms with van der Waals surface area (Å²) in [6.07, 6.45) is 1.54. The van der Waals surface area contributed by atoms with Crippen LogP contribution in [0.15, 0.2) is 78.5 Å². The van der Waals surface area contributed by atoms with Crippen LogP contribution in [0.1, 0.15) is 31.0 Å². The van der Waals surface area contributed by atoms with Crippen LogP contribution < -0.4 is 9.64 Å². The lowest BCUT2D eigenvalue weighted by Gasteiger charge is -2.24. The lowest BCUT2D eigenvalue weighted by atomic mass is 9.95. The number of halogens is 1. The minimum absolute atomic E-state index is 0.000901. The largest absolute Gasteiger partial charge is 0.507 e. The second-order valence-electron chi connectivity index (χ2n) is 7.60. The first kappa shape index (κ1) is 21.6. The van der Waals surface area contributed by atoms with E-state index < -0.39 is 17.7 Å². The molecule has 32 heavy (non-hydrogen) atoms. The molecule has 1 atom stereocenters. The molecule has 162 valence electrons. The molecule has 0 saturated carbocycles. The number of hydrogen-bond acceptors (Lipinski definition) is 5. The van der Waals surface area contributed by atoms with Crippen LogP contribution >= 0.6 is 11.6 Å². The van der Waals surface area contributed by atoms with Crippen LogP contribution in [0.2, 0.25) is 5.02 Å². The summed E-state index contributed by atoms with van der Waals surface area (Å²) in [6, 6.07) is 17.8. The van der Waals surface area contributed by atoms with Gasteiger partial charge in [-0.3, -0.25) is 14.5 Å². The highest BCUT2D eigenvalue weighted by Crippen LogP contribution is 2.42. The monoisotopic (exact) mass is 448 g/mol. The van der Waals surface area contributed by atoms with Gasteiger partial charge in [-0.15, -0.1) is 0 Å². The highest BCUT2D eigenvalue weighted by Gasteiger charge is 2.47. The lowest BCUT2D eigenvalue weighted by molar-refractivity contribution is -0.132. The first-order valence-corrected chi connectivity index (χ1v) is 10.5. The minimum atomic E-state index is -0.879. The molecule has 1 amide bonds. The molecular formula is C25H21ClN2O4. The Kier molecular flexibility index (Phi) is 5.97. The Bertz CT molecular complexity index is 1190. The fourth-order valence-corrected chi connectivity index (χ4v) is 3.87. The van der Waals surface area contributed by atoms with Gasteiger partial charge in [-0.1, -0.05) is 29.8 Å². The number of anilines is 1. The number of nitrogens with zero attached hydrogens (tertiary/aromatic N) is 2. The fraction of sp³-hybridized carbons (Fsp3) is 0.160. The number of ketones is 1. The maximum absolute atomic E-state index is 13.1. The van der Waals surface area contributed by atoms with Crippen LogP contribution in [0.25, 0.3) is 5.76 Å². The van der Waals surface area contributed by atoms with Crippen molar-refractivity contribution >= 4 is 34.9 Å². The van der Waals surface area contributed by atoms with Crippen LogP contribution in [0.5, 0.6) is 5.75 Å². The third-order valence-electron chi connectivity index (χ3n) is 5.00. The number of Topliss-reactive ketones (excluding diaryl/α,β-unsaturated/α-hetero) is 1. The number of rotatable bonds is 5. The minimum Gasteiger partial charge on any atom is -0.507 e. The van der Waals surface area contributed by atoms with E-state index in [-0.39, 0.29) is 17.4 Å². The molecule has 0 bridgehead atoms. The van der Waals surface area contributed by atoms with Crippen molar-refractivity contribution < 1.29 is 19.4 Å². The van der Waals surface area contributed by atoms with Gasteiger partial charge in [0.1, 0.15) is 17.3 Å². The number of benzene rings is 2. The zero-order valence-electron chi connectivity index (χ0n) is 17.5. The van der Waals surface area contributed by atoms with E-state index in [1.54, 1.807) is 66.7 Å². The SMILES string of the molecule is CC(C)Oc1ccc(/C(O)=C2\C(=O)C(=O)N(c3ccccn3)[C@H]2c2cccc(Cl)c2)cc1. The molecule has 2 heterocycles. The Morgan fingerprint density at radius 2 is 1.81 bits per heavy atom. The number of carbonyl (C=O) groups excluding carboxylic acids is 2. The van der Waals surface area contributed by atoms with Gasteiger partial charge in [-0.2, -0.15) is 0 Å². The van der Waals surface area contributed by atoms with Crippen LogP contribution in [0, 0.1) is 0 Å². The topological polar surface area (TPSA) is 79.7 Å². The van der Waals surface area contributed by atoms with Gasteiger partial charge in [0.15, 0.2) is 0 Å². The number of carbonyl (C=O) groups is 2. The van der Waals surface area contributed by atoms with Crippen molar-refractivity contribution in [2.45, 2.75) is 26.0 Å². The van der Waals surface area contributed by atoms with Crippen LogP contribution in [0.3, 0.4) is 0 Å². The highest BCUT2D eigenvalue weighted by molar-refractivity contribution is 6.51. The van der Waals surface area contributed by atoms with E-state index in [0.717, 1.165) is 0 Å². The van der Waals surface area contributed by atoms with E-state index in [9.17, 15) is 14.7 Å². The lowest BCUT2D eigenvalue weighted by Crippen LogP contribution is -2.30. The summed E-state index contributed by atoms with van der Waals surface area (Å²) < 4.78 is 5.64. The van der Waals surface area contributed by atoms with Gasteiger partial charge in [0.2, 0.25) is 0 Å². The molecule has 4 rings (SSSR count). The van der Waals surface area contributed by atoms with E-state index in [1.165, 1.54) is 11.1 Å². The van der Waals surface area contributed by atoms with Gasteiger partial charge < -0.3 is 9.84 Å². The summed E-state index contributed by atoms with van der Waals surface area (Å²) in [4.78, 5) is 31.7. The van der Waals surface area contributed by atoms with Gasteiger partial charge in [0.05, 0.1) is 17.7 Å². The average molecular weight is 449 g/mol. The van der Waals surface area contributed by atoms with Crippen molar-refractivity contribution in [3.05, 3.63) is 94.6 Å². The number of aliphatic hydroxyl groups is 1. The molecule has 0 aliphatic carbocycles. The zero-order valence-corrected chi connectivity index (χ0v) is 18.3. The maximum atomic E-state index is 13.1. The van der Waals surface area contributed by atoms with Gasteiger partial charge >= 0.3 is 5.91 Å². The Balaban J connectivity index is 1.86. The maximum Gasteiger partial charge on any atom is 0.301 e. The zero-order chi connectivity index (χ0) is 22.8. The van der Waals surface area contributed by atoms with Gasteiger partial charge in [0, 0.05) is 16.8 Å². The molecule has 0 spiro atoms. The molecule has 1 aliphatic rings. The number of amides is 1. The van der Waals surface area contributed by atoms with Gasteiger partial charge in [-0.05, 0) is 67.9 Å².